The van der Waals surface area contributed by atoms with Gasteiger partial charge in [-0.25, -0.2) is 0 Å². The molecule has 0 amide bonds. The SMILES string of the molecule is CCCCN(C)S(=O)(=O)NCc1cccc(C#N)c1. The molecular formula is C13H19N3O2S. The van der Waals surface area contributed by atoms with Gasteiger partial charge in [-0.15, -0.1) is 0 Å². The highest BCUT2D eigenvalue weighted by atomic mass is 32.2. The van der Waals surface area contributed by atoms with E-state index in [2.05, 4.69) is 4.72 Å². The highest BCUT2D eigenvalue weighted by Crippen LogP contribution is 2.05. The van der Waals surface area contributed by atoms with Crippen LogP contribution in [0.1, 0.15) is 30.9 Å². The topological polar surface area (TPSA) is 73.2 Å². The van der Waals surface area contributed by atoms with Crippen molar-refractivity contribution in [1.82, 2.24) is 9.03 Å². The first-order chi connectivity index (χ1) is 8.99. The van der Waals surface area contributed by atoms with Crippen LogP contribution >= 0.6 is 0 Å². The highest BCUT2D eigenvalue weighted by molar-refractivity contribution is 7.87. The molecule has 0 bridgehead atoms. The molecule has 19 heavy (non-hydrogen) atoms. The maximum atomic E-state index is 11.9. The van der Waals surface area contributed by atoms with Crippen LogP contribution in [0.3, 0.4) is 0 Å². The van der Waals surface area contributed by atoms with Crippen LogP contribution in [-0.4, -0.2) is 26.3 Å². The van der Waals surface area contributed by atoms with Crippen molar-refractivity contribution in [3.8, 4) is 6.07 Å². The molecule has 6 heteroatoms. The molecule has 0 aliphatic heterocycles. The number of benzene rings is 1. The fourth-order valence-electron chi connectivity index (χ4n) is 1.54. The van der Waals surface area contributed by atoms with Gasteiger partial charge in [0.25, 0.3) is 10.2 Å². The van der Waals surface area contributed by atoms with E-state index in [9.17, 15) is 8.42 Å². The van der Waals surface area contributed by atoms with Crippen LogP contribution in [0.2, 0.25) is 0 Å². The zero-order chi connectivity index (χ0) is 14.3. The van der Waals surface area contributed by atoms with Gasteiger partial charge in [-0.05, 0) is 24.1 Å². The van der Waals surface area contributed by atoms with Gasteiger partial charge in [0.15, 0.2) is 0 Å². The van der Waals surface area contributed by atoms with Crippen molar-refractivity contribution in [3.63, 3.8) is 0 Å². The second-order valence-electron chi connectivity index (χ2n) is 4.31. The molecule has 0 radical (unpaired) electrons. The smallest absolute Gasteiger partial charge is 0.198 e. The van der Waals surface area contributed by atoms with Gasteiger partial charge in [0.2, 0.25) is 0 Å². The minimum atomic E-state index is -3.45. The molecule has 0 aromatic heterocycles. The summed E-state index contributed by atoms with van der Waals surface area (Å²) in [4.78, 5) is 0. The Balaban J connectivity index is 2.62. The molecule has 0 aliphatic rings. The van der Waals surface area contributed by atoms with E-state index in [1.165, 1.54) is 4.31 Å². The van der Waals surface area contributed by atoms with E-state index < -0.39 is 10.2 Å². The van der Waals surface area contributed by atoms with E-state index in [1.54, 1.807) is 31.3 Å². The Hall–Kier alpha value is -1.42. The highest BCUT2D eigenvalue weighted by Gasteiger charge is 2.16. The maximum absolute atomic E-state index is 11.9. The molecule has 104 valence electrons. The molecule has 0 aliphatic carbocycles. The van der Waals surface area contributed by atoms with Crippen molar-refractivity contribution in [2.75, 3.05) is 13.6 Å². The Morgan fingerprint density at radius 1 is 1.42 bits per heavy atom. The van der Waals surface area contributed by atoms with Crippen LogP contribution in [0, 0.1) is 11.3 Å². The van der Waals surface area contributed by atoms with Crippen LogP contribution in [0.4, 0.5) is 0 Å². The molecular weight excluding hydrogens is 262 g/mol. The quantitative estimate of drug-likeness (QED) is 0.825. The first kappa shape index (κ1) is 15.6. The second-order valence-corrected chi connectivity index (χ2v) is 6.18. The lowest BCUT2D eigenvalue weighted by atomic mass is 10.1. The standard InChI is InChI=1S/C13H19N3O2S/c1-3-4-8-16(2)19(17,18)15-11-13-7-5-6-12(9-13)10-14/h5-7,9,15H,3-4,8,11H2,1-2H3. The third kappa shape index (κ3) is 4.99. The molecule has 0 saturated heterocycles. The van der Waals surface area contributed by atoms with Gasteiger partial charge in [-0.3, -0.25) is 0 Å². The normalized spacial score (nSPS) is 11.5. The lowest BCUT2D eigenvalue weighted by Gasteiger charge is -2.17. The van der Waals surface area contributed by atoms with Crippen LogP contribution in [0.25, 0.3) is 0 Å². The largest absolute Gasteiger partial charge is 0.279 e. The molecule has 0 heterocycles. The molecule has 1 N–H and O–H groups in total. The van der Waals surface area contributed by atoms with Gasteiger partial charge in [0.05, 0.1) is 11.6 Å². The Bertz CT molecular complexity index is 549. The average molecular weight is 281 g/mol. The van der Waals surface area contributed by atoms with Crippen molar-refractivity contribution in [2.24, 2.45) is 0 Å². The van der Waals surface area contributed by atoms with Gasteiger partial charge in [0.1, 0.15) is 0 Å². The van der Waals surface area contributed by atoms with Crippen molar-refractivity contribution in [2.45, 2.75) is 26.3 Å². The lowest BCUT2D eigenvalue weighted by Crippen LogP contribution is -2.38. The van der Waals surface area contributed by atoms with Crippen LogP contribution in [0.15, 0.2) is 24.3 Å². The number of nitrogens with zero attached hydrogens (tertiary/aromatic N) is 2. The van der Waals surface area contributed by atoms with E-state index in [0.717, 1.165) is 18.4 Å². The molecule has 1 rings (SSSR count). The molecule has 5 nitrogen and oxygen atoms in total. The summed E-state index contributed by atoms with van der Waals surface area (Å²) in [6.45, 7) is 2.71. The molecule has 1 aromatic carbocycles. The third-order valence-electron chi connectivity index (χ3n) is 2.75. The molecule has 0 fully saturated rings. The van der Waals surface area contributed by atoms with E-state index in [1.807, 2.05) is 13.0 Å². The third-order valence-corrected chi connectivity index (χ3v) is 4.26. The number of unbranched alkanes of at least 4 members (excludes halogenated alkanes) is 1. The summed E-state index contributed by atoms with van der Waals surface area (Å²) in [6.07, 6.45) is 1.78. The van der Waals surface area contributed by atoms with Crippen LogP contribution < -0.4 is 4.72 Å². The van der Waals surface area contributed by atoms with Gasteiger partial charge in [-0.1, -0.05) is 25.5 Å². The lowest BCUT2D eigenvalue weighted by molar-refractivity contribution is 0.448. The Morgan fingerprint density at radius 3 is 2.79 bits per heavy atom. The van der Waals surface area contributed by atoms with Gasteiger partial charge >= 0.3 is 0 Å². The predicted octanol–water partition coefficient (Wildman–Crippen LogP) is 1.62. The second kappa shape index (κ2) is 7.24. The van der Waals surface area contributed by atoms with E-state index in [-0.39, 0.29) is 6.54 Å². The summed E-state index contributed by atoms with van der Waals surface area (Å²) in [7, 11) is -1.89. The monoisotopic (exact) mass is 281 g/mol. The van der Waals surface area contributed by atoms with E-state index >= 15 is 0 Å². The molecule has 0 atom stereocenters. The molecule has 0 saturated carbocycles. The maximum Gasteiger partial charge on any atom is 0.279 e. The van der Waals surface area contributed by atoms with Crippen molar-refractivity contribution >= 4 is 10.2 Å². The fourth-order valence-corrected chi connectivity index (χ4v) is 2.48. The Kier molecular flexibility index (Phi) is 5.96. The summed E-state index contributed by atoms with van der Waals surface area (Å²) in [5.74, 6) is 0. The first-order valence-corrected chi connectivity index (χ1v) is 7.63. The van der Waals surface area contributed by atoms with Crippen molar-refractivity contribution < 1.29 is 8.42 Å². The van der Waals surface area contributed by atoms with E-state index in [4.69, 9.17) is 5.26 Å². The van der Waals surface area contributed by atoms with Crippen molar-refractivity contribution in [3.05, 3.63) is 35.4 Å². The van der Waals surface area contributed by atoms with Gasteiger partial charge in [0, 0.05) is 20.1 Å². The predicted molar refractivity (Wildman–Crippen MR) is 74.5 cm³/mol. The number of hydrogen-bond donors (Lipinski definition) is 1. The zero-order valence-electron chi connectivity index (χ0n) is 11.3. The number of nitrogens with one attached hydrogen (secondary N) is 1. The average Bonchev–Trinajstić information content (AvgIpc) is 2.42. The summed E-state index contributed by atoms with van der Waals surface area (Å²) >= 11 is 0. The summed E-state index contributed by atoms with van der Waals surface area (Å²) in [6, 6.07) is 8.91. The van der Waals surface area contributed by atoms with Crippen LogP contribution in [-0.2, 0) is 16.8 Å². The molecule has 0 spiro atoms. The van der Waals surface area contributed by atoms with Crippen molar-refractivity contribution in [1.29, 1.82) is 5.26 Å². The number of nitriles is 1. The first-order valence-electron chi connectivity index (χ1n) is 6.19. The fraction of sp³-hybridized carbons (Fsp3) is 0.462. The Morgan fingerprint density at radius 2 is 2.16 bits per heavy atom. The van der Waals surface area contributed by atoms with Gasteiger partial charge < -0.3 is 0 Å². The minimum absolute atomic E-state index is 0.189. The summed E-state index contributed by atoms with van der Waals surface area (Å²) in [5.41, 5.74) is 1.29. The van der Waals surface area contributed by atoms with E-state index in [0.29, 0.717) is 12.1 Å². The summed E-state index contributed by atoms with van der Waals surface area (Å²) in [5, 5.41) is 8.78. The minimum Gasteiger partial charge on any atom is -0.198 e. The number of hydrogen-bond acceptors (Lipinski definition) is 3. The Labute approximate surface area is 115 Å². The van der Waals surface area contributed by atoms with Crippen LogP contribution in [0.5, 0.6) is 0 Å². The number of rotatable bonds is 7. The molecule has 1 aromatic rings. The summed E-state index contributed by atoms with van der Waals surface area (Å²) < 4.78 is 27.7. The molecule has 0 unspecified atom stereocenters. The van der Waals surface area contributed by atoms with Gasteiger partial charge in [-0.2, -0.15) is 22.7 Å². The zero-order valence-corrected chi connectivity index (χ0v) is 12.1.